The molecule has 8 heteroatoms. The zero-order valence-corrected chi connectivity index (χ0v) is 13.6. The summed E-state index contributed by atoms with van der Waals surface area (Å²) in [7, 11) is -3.72. The summed E-state index contributed by atoms with van der Waals surface area (Å²) >= 11 is 5.99. The van der Waals surface area contributed by atoms with Crippen LogP contribution in [0.3, 0.4) is 0 Å². The maximum Gasteiger partial charge on any atom is 0.244 e. The van der Waals surface area contributed by atoms with E-state index in [0.717, 1.165) is 0 Å². The van der Waals surface area contributed by atoms with Crippen LogP contribution in [0.2, 0.25) is 5.02 Å². The zero-order chi connectivity index (χ0) is 16.0. The monoisotopic (exact) mass is 333 g/mol. The number of rotatable bonds is 7. The van der Waals surface area contributed by atoms with Gasteiger partial charge in [0.05, 0.1) is 5.02 Å². The molecule has 1 aromatic rings. The van der Waals surface area contributed by atoms with Crippen molar-refractivity contribution in [1.29, 1.82) is 0 Å². The molecular weight excluding hydrogens is 314 g/mol. The summed E-state index contributed by atoms with van der Waals surface area (Å²) in [5, 5.41) is 11.6. The number of sulfonamides is 1. The van der Waals surface area contributed by atoms with Crippen LogP contribution in [0.4, 0.5) is 0 Å². The summed E-state index contributed by atoms with van der Waals surface area (Å²) in [6, 6.07) is 6.29. The van der Waals surface area contributed by atoms with Crippen LogP contribution in [0.25, 0.3) is 0 Å². The number of oxime groups is 1. The van der Waals surface area contributed by atoms with Crippen molar-refractivity contribution in [1.82, 2.24) is 4.31 Å². The molecule has 0 atom stereocenters. The Kier molecular flexibility index (Phi) is 6.44. The first-order valence-corrected chi connectivity index (χ1v) is 8.32. The summed E-state index contributed by atoms with van der Waals surface area (Å²) in [6.07, 6.45) is 0.146. The topological polar surface area (TPSA) is 96.0 Å². The Labute approximate surface area is 130 Å². The van der Waals surface area contributed by atoms with Crippen LogP contribution in [0.1, 0.15) is 20.3 Å². The largest absolute Gasteiger partial charge is 0.409 e. The lowest BCUT2D eigenvalue weighted by Gasteiger charge is -2.24. The third-order valence-electron chi connectivity index (χ3n) is 2.77. The molecular formula is C13H20ClN3O3S. The lowest BCUT2D eigenvalue weighted by molar-refractivity contribution is 0.314. The highest BCUT2D eigenvalue weighted by atomic mass is 35.5. The van der Waals surface area contributed by atoms with Gasteiger partial charge in [-0.2, -0.15) is 4.31 Å². The number of benzene rings is 1. The van der Waals surface area contributed by atoms with Gasteiger partial charge in [-0.05, 0) is 18.1 Å². The average molecular weight is 334 g/mol. The zero-order valence-electron chi connectivity index (χ0n) is 12.0. The molecule has 0 unspecified atom stereocenters. The van der Waals surface area contributed by atoms with Crippen molar-refractivity contribution < 1.29 is 13.6 Å². The standard InChI is InChI=1S/C13H20ClN3O3S/c1-10(2)9-17(8-7-13(15)16-18)21(19,20)12-6-4-3-5-11(12)14/h3-6,10,18H,7-9H2,1-2H3,(H2,15,16). The van der Waals surface area contributed by atoms with Gasteiger partial charge >= 0.3 is 0 Å². The fourth-order valence-corrected chi connectivity index (χ4v) is 3.90. The molecule has 0 spiro atoms. The molecule has 0 aliphatic carbocycles. The lowest BCUT2D eigenvalue weighted by Crippen LogP contribution is -2.36. The fourth-order valence-electron chi connectivity index (χ4n) is 1.80. The summed E-state index contributed by atoms with van der Waals surface area (Å²) in [5.41, 5.74) is 5.42. The normalized spacial score (nSPS) is 13.1. The molecule has 0 radical (unpaired) electrons. The highest BCUT2D eigenvalue weighted by Gasteiger charge is 2.27. The minimum absolute atomic E-state index is 0.0156. The number of nitrogens with two attached hydrogens (primary N) is 1. The minimum atomic E-state index is -3.72. The van der Waals surface area contributed by atoms with E-state index in [4.69, 9.17) is 22.5 Å². The number of hydrogen-bond acceptors (Lipinski definition) is 4. The molecule has 118 valence electrons. The predicted molar refractivity (Wildman–Crippen MR) is 83.1 cm³/mol. The van der Waals surface area contributed by atoms with Gasteiger partial charge in [-0.25, -0.2) is 8.42 Å². The molecule has 0 aliphatic rings. The van der Waals surface area contributed by atoms with Gasteiger partial charge in [-0.15, -0.1) is 0 Å². The van der Waals surface area contributed by atoms with Crippen LogP contribution in [0.15, 0.2) is 34.3 Å². The molecule has 0 fully saturated rings. The Balaban J connectivity index is 3.09. The summed E-state index contributed by atoms with van der Waals surface area (Å²) in [6.45, 7) is 4.28. The molecule has 1 rings (SSSR count). The number of hydrogen-bond donors (Lipinski definition) is 2. The van der Waals surface area contributed by atoms with E-state index in [1.165, 1.54) is 16.4 Å². The second-order valence-corrected chi connectivity index (χ2v) is 7.34. The van der Waals surface area contributed by atoms with Crippen LogP contribution in [-0.4, -0.2) is 36.9 Å². The van der Waals surface area contributed by atoms with Gasteiger partial charge in [-0.3, -0.25) is 0 Å². The van der Waals surface area contributed by atoms with E-state index in [0.29, 0.717) is 6.54 Å². The maximum absolute atomic E-state index is 12.7. The van der Waals surface area contributed by atoms with Crippen molar-refractivity contribution in [2.45, 2.75) is 25.2 Å². The van der Waals surface area contributed by atoms with Gasteiger partial charge in [-0.1, -0.05) is 42.7 Å². The van der Waals surface area contributed by atoms with Gasteiger partial charge in [0.1, 0.15) is 10.7 Å². The summed E-state index contributed by atoms with van der Waals surface area (Å²) in [5.74, 6) is 0.118. The first-order chi connectivity index (χ1) is 9.78. The highest BCUT2D eigenvalue weighted by Crippen LogP contribution is 2.25. The second kappa shape index (κ2) is 7.63. The summed E-state index contributed by atoms with van der Waals surface area (Å²) < 4.78 is 26.7. The highest BCUT2D eigenvalue weighted by molar-refractivity contribution is 7.89. The van der Waals surface area contributed by atoms with Crippen molar-refractivity contribution in [3.05, 3.63) is 29.3 Å². The third kappa shape index (κ3) is 4.87. The lowest BCUT2D eigenvalue weighted by atomic mass is 10.2. The van der Waals surface area contributed by atoms with Crippen LogP contribution in [-0.2, 0) is 10.0 Å². The van der Waals surface area contributed by atoms with E-state index in [-0.39, 0.29) is 34.6 Å². The van der Waals surface area contributed by atoms with Crippen LogP contribution < -0.4 is 5.73 Å². The van der Waals surface area contributed by atoms with Crippen molar-refractivity contribution in [3.63, 3.8) is 0 Å². The quantitative estimate of drug-likeness (QED) is 0.346. The molecule has 0 bridgehead atoms. The molecule has 3 N–H and O–H groups in total. The van der Waals surface area contributed by atoms with Gasteiger partial charge in [0, 0.05) is 19.5 Å². The third-order valence-corrected chi connectivity index (χ3v) is 5.13. The van der Waals surface area contributed by atoms with E-state index in [2.05, 4.69) is 5.16 Å². The number of nitrogens with zero attached hydrogens (tertiary/aromatic N) is 2. The number of halogens is 1. The van der Waals surface area contributed by atoms with Gasteiger partial charge in [0.2, 0.25) is 10.0 Å². The SMILES string of the molecule is CC(C)CN(CCC(N)=NO)S(=O)(=O)c1ccccc1Cl. The first-order valence-electron chi connectivity index (χ1n) is 6.50. The molecule has 0 saturated carbocycles. The van der Waals surface area contributed by atoms with E-state index >= 15 is 0 Å². The van der Waals surface area contributed by atoms with E-state index in [9.17, 15) is 8.42 Å². The van der Waals surface area contributed by atoms with E-state index in [1.807, 2.05) is 13.8 Å². The summed E-state index contributed by atoms with van der Waals surface area (Å²) in [4.78, 5) is 0.0619. The Bertz CT molecular complexity index is 602. The van der Waals surface area contributed by atoms with Gasteiger partial charge in [0.25, 0.3) is 0 Å². The molecule has 0 aliphatic heterocycles. The molecule has 6 nitrogen and oxygen atoms in total. The van der Waals surface area contributed by atoms with Gasteiger partial charge in [0.15, 0.2) is 0 Å². The maximum atomic E-state index is 12.7. The van der Waals surface area contributed by atoms with Crippen molar-refractivity contribution >= 4 is 27.5 Å². The Hall–Kier alpha value is -1.31. The van der Waals surface area contributed by atoms with Crippen LogP contribution >= 0.6 is 11.6 Å². The average Bonchev–Trinajstić information content (AvgIpc) is 2.42. The van der Waals surface area contributed by atoms with E-state index < -0.39 is 10.0 Å². The van der Waals surface area contributed by atoms with E-state index in [1.54, 1.807) is 12.1 Å². The van der Waals surface area contributed by atoms with Crippen molar-refractivity contribution in [2.75, 3.05) is 13.1 Å². The Morgan fingerprint density at radius 1 is 1.43 bits per heavy atom. The molecule has 21 heavy (non-hydrogen) atoms. The number of amidine groups is 1. The van der Waals surface area contributed by atoms with Crippen LogP contribution in [0, 0.1) is 5.92 Å². The minimum Gasteiger partial charge on any atom is -0.409 e. The second-order valence-electron chi connectivity index (χ2n) is 5.03. The van der Waals surface area contributed by atoms with Crippen molar-refractivity contribution in [3.8, 4) is 0 Å². The van der Waals surface area contributed by atoms with Crippen LogP contribution in [0.5, 0.6) is 0 Å². The predicted octanol–water partition coefficient (Wildman–Crippen LogP) is 2.12. The molecule has 0 amide bonds. The molecule has 1 aromatic carbocycles. The fraction of sp³-hybridized carbons (Fsp3) is 0.462. The smallest absolute Gasteiger partial charge is 0.244 e. The first kappa shape index (κ1) is 17.7. The molecule has 0 aromatic heterocycles. The molecule has 0 saturated heterocycles. The Morgan fingerprint density at radius 2 is 2.05 bits per heavy atom. The Morgan fingerprint density at radius 3 is 2.57 bits per heavy atom. The van der Waals surface area contributed by atoms with Gasteiger partial charge < -0.3 is 10.9 Å². The molecule has 0 heterocycles. The van der Waals surface area contributed by atoms with Crippen molar-refractivity contribution in [2.24, 2.45) is 16.8 Å².